The molecule has 0 saturated heterocycles. The van der Waals surface area contributed by atoms with Crippen LogP contribution < -0.4 is 0 Å². The van der Waals surface area contributed by atoms with E-state index in [2.05, 4.69) is 27.4 Å². The molecule has 2 atom stereocenters. The van der Waals surface area contributed by atoms with E-state index in [1.807, 2.05) is 31.1 Å². The van der Waals surface area contributed by atoms with Crippen LogP contribution in [0.25, 0.3) is 0 Å². The molecule has 1 unspecified atom stereocenters. The average molecular weight is 342 g/mol. The quantitative estimate of drug-likeness (QED) is 0.307. The number of hydrogen-bond acceptors (Lipinski definition) is 4. The zero-order valence-electron chi connectivity index (χ0n) is 15.8. The fourth-order valence-corrected chi connectivity index (χ4v) is 5.64. The van der Waals surface area contributed by atoms with Gasteiger partial charge in [0.25, 0.3) is 0 Å². The number of rotatable bonds is 12. The Hall–Kier alpha value is -0.913. The van der Waals surface area contributed by atoms with E-state index in [1.54, 1.807) is 6.08 Å². The van der Waals surface area contributed by atoms with E-state index >= 15 is 0 Å². The number of carbonyl (C=O) groups excluding carboxylic acids is 1. The van der Waals surface area contributed by atoms with E-state index in [0.29, 0.717) is 13.0 Å². The van der Waals surface area contributed by atoms with Crippen molar-refractivity contribution in [2.45, 2.75) is 51.4 Å². The molecule has 0 rings (SSSR count). The lowest BCUT2D eigenvalue weighted by Gasteiger charge is -2.33. The number of carbonyl (C=O) groups is 1. The average Bonchev–Trinajstić information content (AvgIpc) is 2.55. The van der Waals surface area contributed by atoms with Gasteiger partial charge in [-0.05, 0) is 38.6 Å². The molecule has 0 aromatic carbocycles. The molecule has 4 nitrogen and oxygen atoms in total. The first-order valence-electron chi connectivity index (χ1n) is 8.57. The molecule has 134 valence electrons. The first-order valence-corrected chi connectivity index (χ1v) is 11.1. The lowest BCUT2D eigenvalue weighted by Crippen LogP contribution is -2.41. The van der Waals surface area contributed by atoms with Crippen LogP contribution in [0, 0.1) is 5.92 Å². The molecule has 0 amide bonds. The highest BCUT2D eigenvalue weighted by atomic mass is 28.4. The van der Waals surface area contributed by atoms with E-state index in [0.717, 1.165) is 18.1 Å². The summed E-state index contributed by atoms with van der Waals surface area (Å²) in [6.45, 7) is 11.0. The lowest BCUT2D eigenvalue weighted by molar-refractivity contribution is -0.146. The minimum atomic E-state index is -1.73. The third-order valence-electron chi connectivity index (χ3n) is 4.43. The first-order chi connectivity index (χ1) is 10.9. The van der Waals surface area contributed by atoms with Gasteiger partial charge < -0.3 is 14.1 Å². The Morgan fingerprint density at radius 1 is 1.22 bits per heavy atom. The first kappa shape index (κ1) is 22.1. The molecule has 0 spiro atoms. The Balaban J connectivity index is 5.23. The van der Waals surface area contributed by atoms with E-state index in [1.165, 1.54) is 7.11 Å². The molecule has 0 N–H and O–H groups in total. The largest absolute Gasteiger partial charge is 0.469 e. The van der Waals surface area contributed by atoms with Gasteiger partial charge in [0.05, 0.1) is 19.1 Å². The van der Waals surface area contributed by atoms with Crippen molar-refractivity contribution in [1.29, 1.82) is 0 Å². The van der Waals surface area contributed by atoms with Crippen molar-refractivity contribution in [3.8, 4) is 0 Å². The number of allylic oxidation sites excluding steroid dienone is 2. The number of nitrogens with zero attached hydrogens (tertiary/aromatic N) is 1. The molecule has 0 aliphatic heterocycles. The molecule has 23 heavy (non-hydrogen) atoms. The molecule has 0 heterocycles. The predicted molar refractivity (Wildman–Crippen MR) is 100 cm³/mol. The molecular formula is C18H35NO3Si. The van der Waals surface area contributed by atoms with Gasteiger partial charge in [-0.15, -0.1) is 0 Å². The van der Waals surface area contributed by atoms with Crippen molar-refractivity contribution in [2.24, 2.45) is 5.92 Å². The second-order valence-electron chi connectivity index (χ2n) is 6.24. The van der Waals surface area contributed by atoms with Gasteiger partial charge in [0.1, 0.15) is 0 Å². The summed E-state index contributed by atoms with van der Waals surface area (Å²) in [4.78, 5) is 14.1. The van der Waals surface area contributed by atoms with Crippen LogP contribution in [-0.2, 0) is 14.0 Å². The van der Waals surface area contributed by atoms with E-state index < -0.39 is 8.32 Å². The van der Waals surface area contributed by atoms with Gasteiger partial charge in [0.2, 0.25) is 0 Å². The topological polar surface area (TPSA) is 38.8 Å². The van der Waals surface area contributed by atoms with Crippen molar-refractivity contribution < 1.29 is 14.0 Å². The highest BCUT2D eigenvalue weighted by molar-refractivity contribution is 6.73. The summed E-state index contributed by atoms with van der Waals surface area (Å²) in [6, 6.07) is 3.28. The number of ether oxygens (including phenoxy) is 1. The van der Waals surface area contributed by atoms with Gasteiger partial charge in [0, 0.05) is 6.54 Å². The van der Waals surface area contributed by atoms with Crippen LogP contribution in [0.15, 0.2) is 24.8 Å². The van der Waals surface area contributed by atoms with Gasteiger partial charge in [0.15, 0.2) is 8.32 Å². The molecular weight excluding hydrogens is 306 g/mol. The van der Waals surface area contributed by atoms with E-state index in [9.17, 15) is 4.79 Å². The summed E-state index contributed by atoms with van der Waals surface area (Å²) < 4.78 is 11.5. The molecule has 0 aromatic rings. The third kappa shape index (κ3) is 7.95. The van der Waals surface area contributed by atoms with Crippen LogP contribution >= 0.6 is 0 Å². The fraction of sp³-hybridized carbons (Fsp3) is 0.722. The Morgan fingerprint density at radius 3 is 2.17 bits per heavy atom. The van der Waals surface area contributed by atoms with Crippen molar-refractivity contribution in [3.63, 3.8) is 0 Å². The maximum Gasteiger partial charge on any atom is 0.310 e. The third-order valence-corrected chi connectivity index (χ3v) is 9.10. The highest BCUT2D eigenvalue weighted by Crippen LogP contribution is 2.26. The summed E-state index contributed by atoms with van der Waals surface area (Å²) in [5.74, 6) is -0.359. The maximum absolute atomic E-state index is 12.1. The minimum absolute atomic E-state index is 0.0661. The minimum Gasteiger partial charge on any atom is -0.469 e. The standard InChI is InChI=1S/C18H35NO3Si/c1-8-12-13-17(22-23(9-2,10-3)11-4)14-16(15-19(5)6)18(20)21-7/h8,12-13,16-17H,1,9-11,14-15H2,2-7H3/b13-12+/t16?,17-/m1/s1. The summed E-state index contributed by atoms with van der Waals surface area (Å²) in [7, 11) is 3.65. The van der Waals surface area contributed by atoms with Crippen molar-refractivity contribution in [2.75, 3.05) is 27.7 Å². The van der Waals surface area contributed by atoms with Crippen LogP contribution in [0.4, 0.5) is 0 Å². The number of esters is 1. The molecule has 0 fully saturated rings. The Labute approximate surface area is 143 Å². The SMILES string of the molecule is C=C/C=C/[C@H](CC(CN(C)C)C(=O)OC)O[Si](CC)(CC)CC. The van der Waals surface area contributed by atoms with Crippen molar-refractivity contribution in [1.82, 2.24) is 4.90 Å². The molecule has 5 heteroatoms. The predicted octanol–water partition coefficient (Wildman–Crippen LogP) is 3.86. The van der Waals surface area contributed by atoms with Gasteiger partial charge in [-0.3, -0.25) is 4.79 Å². The molecule has 0 bridgehead atoms. The summed E-state index contributed by atoms with van der Waals surface area (Å²) in [5.41, 5.74) is 0. The molecule has 0 aliphatic carbocycles. The summed E-state index contributed by atoms with van der Waals surface area (Å²) in [5, 5.41) is 0. The van der Waals surface area contributed by atoms with E-state index in [-0.39, 0.29) is 18.0 Å². The molecule has 0 aliphatic rings. The Bertz CT molecular complexity index is 370. The summed E-state index contributed by atoms with van der Waals surface area (Å²) >= 11 is 0. The van der Waals surface area contributed by atoms with Gasteiger partial charge in [-0.2, -0.15) is 0 Å². The van der Waals surface area contributed by atoms with E-state index in [4.69, 9.17) is 9.16 Å². The zero-order valence-corrected chi connectivity index (χ0v) is 16.8. The van der Waals surface area contributed by atoms with Gasteiger partial charge >= 0.3 is 5.97 Å². The molecule has 0 aromatic heterocycles. The maximum atomic E-state index is 12.1. The second-order valence-corrected chi connectivity index (χ2v) is 11.0. The number of hydrogen-bond donors (Lipinski definition) is 0. The summed E-state index contributed by atoms with van der Waals surface area (Å²) in [6.07, 6.45) is 6.27. The van der Waals surface area contributed by atoms with Crippen LogP contribution in [-0.4, -0.2) is 53.0 Å². The smallest absolute Gasteiger partial charge is 0.310 e. The zero-order chi connectivity index (χ0) is 17.9. The number of methoxy groups -OCH3 is 1. The Morgan fingerprint density at radius 2 is 1.78 bits per heavy atom. The lowest BCUT2D eigenvalue weighted by atomic mass is 10.0. The highest BCUT2D eigenvalue weighted by Gasteiger charge is 2.33. The van der Waals surface area contributed by atoms with Crippen molar-refractivity contribution in [3.05, 3.63) is 24.8 Å². The van der Waals surface area contributed by atoms with Crippen molar-refractivity contribution >= 4 is 14.3 Å². The van der Waals surface area contributed by atoms with Crippen LogP contribution in [0.5, 0.6) is 0 Å². The van der Waals surface area contributed by atoms with Gasteiger partial charge in [-0.1, -0.05) is 45.6 Å². The Kier molecular flexibility index (Phi) is 11.1. The fourth-order valence-electron chi connectivity index (χ4n) is 2.82. The monoisotopic (exact) mass is 341 g/mol. The van der Waals surface area contributed by atoms with Crippen LogP contribution in [0.2, 0.25) is 18.1 Å². The van der Waals surface area contributed by atoms with Crippen LogP contribution in [0.1, 0.15) is 27.2 Å². The molecule has 0 radical (unpaired) electrons. The normalized spacial score (nSPS) is 14.9. The molecule has 0 saturated carbocycles. The van der Waals surface area contributed by atoms with Gasteiger partial charge in [-0.25, -0.2) is 0 Å². The second kappa shape index (κ2) is 11.6. The van der Waals surface area contributed by atoms with Crippen LogP contribution in [0.3, 0.4) is 0 Å².